The Labute approximate surface area is 119 Å². The smallest absolute Gasteiger partial charge is 0.308 e. The van der Waals surface area contributed by atoms with E-state index in [1.165, 1.54) is 4.31 Å². The minimum absolute atomic E-state index is 0.102. The Hall–Kier alpha value is -0.660. The maximum Gasteiger partial charge on any atom is 0.308 e. The van der Waals surface area contributed by atoms with Crippen LogP contribution in [0.15, 0.2) is 0 Å². The van der Waals surface area contributed by atoms with Crippen LogP contribution in [0.2, 0.25) is 0 Å². The van der Waals surface area contributed by atoms with Gasteiger partial charge < -0.3 is 5.11 Å². The second-order valence-corrected chi connectivity index (χ2v) is 7.96. The third-order valence-electron chi connectivity index (χ3n) is 4.95. The van der Waals surface area contributed by atoms with Crippen LogP contribution in [-0.4, -0.2) is 53.3 Å². The Bertz CT molecular complexity index is 485. The van der Waals surface area contributed by atoms with E-state index in [2.05, 4.69) is 0 Å². The van der Waals surface area contributed by atoms with Gasteiger partial charge in [0.15, 0.2) is 0 Å². The summed E-state index contributed by atoms with van der Waals surface area (Å²) in [6.07, 6.45) is 5.95. The van der Waals surface area contributed by atoms with E-state index < -0.39 is 22.1 Å². The second kappa shape index (κ2) is 5.27. The zero-order valence-electron chi connectivity index (χ0n) is 11.6. The molecule has 3 unspecified atom stereocenters. The topological polar surface area (TPSA) is 77.9 Å². The molecule has 0 amide bonds. The van der Waals surface area contributed by atoms with Crippen molar-refractivity contribution in [2.24, 2.45) is 5.92 Å². The van der Waals surface area contributed by atoms with E-state index in [9.17, 15) is 18.3 Å². The third-order valence-corrected chi connectivity index (χ3v) is 7.07. The van der Waals surface area contributed by atoms with E-state index in [-0.39, 0.29) is 12.1 Å². The molecule has 0 aliphatic carbocycles. The highest BCUT2D eigenvalue weighted by Gasteiger charge is 2.55. The Morgan fingerprint density at radius 3 is 2.25 bits per heavy atom. The molecule has 0 saturated carbocycles. The van der Waals surface area contributed by atoms with Crippen molar-refractivity contribution in [2.75, 3.05) is 13.1 Å². The Kier molecular flexibility index (Phi) is 3.77. The van der Waals surface area contributed by atoms with Crippen molar-refractivity contribution in [2.45, 2.75) is 57.0 Å². The van der Waals surface area contributed by atoms with Crippen molar-refractivity contribution in [3.8, 4) is 0 Å². The van der Waals surface area contributed by atoms with Crippen molar-refractivity contribution in [1.82, 2.24) is 8.61 Å². The molecule has 3 aliphatic heterocycles. The van der Waals surface area contributed by atoms with Crippen molar-refractivity contribution in [1.29, 1.82) is 0 Å². The van der Waals surface area contributed by atoms with Gasteiger partial charge in [0, 0.05) is 25.2 Å². The molecule has 2 bridgehead atoms. The van der Waals surface area contributed by atoms with Gasteiger partial charge in [-0.15, -0.1) is 0 Å². The maximum atomic E-state index is 12.8. The summed E-state index contributed by atoms with van der Waals surface area (Å²) < 4.78 is 28.8. The molecule has 0 radical (unpaired) electrons. The molecule has 1 N–H and O–H groups in total. The highest BCUT2D eigenvalue weighted by Crippen LogP contribution is 2.44. The third kappa shape index (κ3) is 2.25. The predicted molar refractivity (Wildman–Crippen MR) is 73.4 cm³/mol. The molecular weight excluding hydrogens is 280 g/mol. The van der Waals surface area contributed by atoms with Crippen molar-refractivity contribution < 1.29 is 18.3 Å². The molecule has 3 heterocycles. The molecule has 6 nitrogen and oxygen atoms in total. The van der Waals surface area contributed by atoms with Crippen LogP contribution in [-0.2, 0) is 15.0 Å². The summed E-state index contributed by atoms with van der Waals surface area (Å²) in [4.78, 5) is 11.3. The van der Waals surface area contributed by atoms with Crippen LogP contribution >= 0.6 is 0 Å². The zero-order chi connectivity index (χ0) is 14.3. The molecule has 3 rings (SSSR count). The van der Waals surface area contributed by atoms with E-state index >= 15 is 0 Å². The first-order chi connectivity index (χ1) is 9.51. The van der Waals surface area contributed by atoms with Crippen LogP contribution in [0.25, 0.3) is 0 Å². The zero-order valence-corrected chi connectivity index (χ0v) is 12.4. The van der Waals surface area contributed by atoms with Gasteiger partial charge in [0.25, 0.3) is 10.2 Å². The highest BCUT2D eigenvalue weighted by molar-refractivity contribution is 7.86. The normalized spacial score (nSPS) is 36.1. The highest BCUT2D eigenvalue weighted by atomic mass is 32.2. The molecular formula is C13H22N2O4S. The van der Waals surface area contributed by atoms with Gasteiger partial charge in [-0.05, 0) is 32.1 Å². The van der Waals surface area contributed by atoms with Gasteiger partial charge in [0.2, 0.25) is 0 Å². The van der Waals surface area contributed by atoms with Crippen LogP contribution < -0.4 is 0 Å². The van der Waals surface area contributed by atoms with Gasteiger partial charge in [0.05, 0.1) is 5.92 Å². The summed E-state index contributed by atoms with van der Waals surface area (Å²) in [5, 5.41) is 9.24. The van der Waals surface area contributed by atoms with Gasteiger partial charge in [-0.2, -0.15) is 17.0 Å². The number of rotatable bonds is 3. The average molecular weight is 302 g/mol. The number of nitrogens with zero attached hydrogens (tertiary/aromatic N) is 2. The summed E-state index contributed by atoms with van der Waals surface area (Å²) in [7, 11) is -3.48. The molecule has 3 atom stereocenters. The molecule has 0 aromatic heterocycles. The molecule has 7 heteroatoms. The lowest BCUT2D eigenvalue weighted by Crippen LogP contribution is -2.47. The van der Waals surface area contributed by atoms with Crippen LogP contribution in [0.4, 0.5) is 0 Å². The molecule has 0 aromatic rings. The lowest BCUT2D eigenvalue weighted by atomic mass is 9.89. The second-order valence-electron chi connectivity index (χ2n) is 6.13. The van der Waals surface area contributed by atoms with Crippen LogP contribution in [0.5, 0.6) is 0 Å². The van der Waals surface area contributed by atoms with Gasteiger partial charge in [0.1, 0.15) is 0 Å². The molecule has 114 valence electrons. The number of fused-ring (bicyclic) bond motifs is 2. The minimum atomic E-state index is -3.48. The Morgan fingerprint density at radius 2 is 1.70 bits per heavy atom. The molecule has 20 heavy (non-hydrogen) atoms. The maximum absolute atomic E-state index is 12.8. The fourth-order valence-corrected chi connectivity index (χ4v) is 6.12. The summed E-state index contributed by atoms with van der Waals surface area (Å²) in [5.74, 6) is -1.37. The lowest BCUT2D eigenvalue weighted by molar-refractivity contribution is -0.142. The first-order valence-corrected chi connectivity index (χ1v) is 8.93. The van der Waals surface area contributed by atoms with Crippen LogP contribution in [0.1, 0.15) is 44.9 Å². The van der Waals surface area contributed by atoms with Gasteiger partial charge in [-0.25, -0.2) is 0 Å². The van der Waals surface area contributed by atoms with Crippen molar-refractivity contribution >= 4 is 16.2 Å². The van der Waals surface area contributed by atoms with E-state index in [4.69, 9.17) is 0 Å². The quantitative estimate of drug-likeness (QED) is 0.845. The molecule has 3 saturated heterocycles. The van der Waals surface area contributed by atoms with Gasteiger partial charge in [-0.3, -0.25) is 4.79 Å². The molecule has 3 aliphatic rings. The lowest BCUT2D eigenvalue weighted by Gasteiger charge is -2.29. The summed E-state index contributed by atoms with van der Waals surface area (Å²) in [6, 6.07) is -0.430. The minimum Gasteiger partial charge on any atom is -0.481 e. The number of hydrogen-bond acceptors (Lipinski definition) is 3. The van der Waals surface area contributed by atoms with Crippen LogP contribution in [0.3, 0.4) is 0 Å². The Morgan fingerprint density at radius 1 is 1.05 bits per heavy atom. The summed E-state index contributed by atoms with van der Waals surface area (Å²) in [6.45, 7) is 1.16. The molecule has 3 fully saturated rings. The largest absolute Gasteiger partial charge is 0.481 e. The number of carboxylic acids is 1. The first kappa shape index (κ1) is 14.3. The SMILES string of the molecule is O=C(O)C1CC2CCC1N2S(=O)(=O)N1CCCCCC1. The van der Waals surface area contributed by atoms with Gasteiger partial charge in [-0.1, -0.05) is 12.8 Å². The van der Waals surface area contributed by atoms with E-state index in [0.29, 0.717) is 25.9 Å². The first-order valence-electron chi connectivity index (χ1n) is 7.53. The Balaban J connectivity index is 1.83. The predicted octanol–water partition coefficient (Wildman–Crippen LogP) is 1.04. The monoisotopic (exact) mass is 302 g/mol. The van der Waals surface area contributed by atoms with Crippen molar-refractivity contribution in [3.05, 3.63) is 0 Å². The number of carboxylic acid groups (broad SMARTS) is 1. The number of aliphatic carboxylic acids is 1. The summed E-state index contributed by atoms with van der Waals surface area (Å²) in [5.41, 5.74) is 0. The number of carbonyl (C=O) groups is 1. The van der Waals surface area contributed by atoms with E-state index in [1.807, 2.05) is 0 Å². The average Bonchev–Trinajstić information content (AvgIpc) is 2.85. The summed E-state index contributed by atoms with van der Waals surface area (Å²) >= 11 is 0. The van der Waals surface area contributed by atoms with E-state index in [1.54, 1.807) is 4.31 Å². The van der Waals surface area contributed by atoms with Gasteiger partial charge >= 0.3 is 5.97 Å². The fraction of sp³-hybridized carbons (Fsp3) is 0.923. The molecule has 0 aromatic carbocycles. The van der Waals surface area contributed by atoms with E-state index in [0.717, 1.165) is 32.1 Å². The standard InChI is InChI=1S/C13H22N2O4S/c16-13(17)11-9-10-5-6-12(11)15(10)20(18,19)14-7-3-1-2-4-8-14/h10-12H,1-9H2,(H,16,17). The number of hydrogen-bond donors (Lipinski definition) is 1. The van der Waals surface area contributed by atoms with Crippen LogP contribution in [0, 0.1) is 5.92 Å². The van der Waals surface area contributed by atoms with Crippen molar-refractivity contribution in [3.63, 3.8) is 0 Å². The fourth-order valence-electron chi connectivity index (χ4n) is 3.97. The molecule has 0 spiro atoms.